The predicted octanol–water partition coefficient (Wildman–Crippen LogP) is 11.1. The molecule has 0 aliphatic carbocycles. The van der Waals surface area contributed by atoms with Crippen LogP contribution in [0.25, 0.3) is 4.85 Å². The number of nitrogens with two attached hydrogens (primary N) is 1. The number of alkyl halides is 8. The topological polar surface area (TPSA) is 223 Å². The minimum atomic E-state index is -4.60. The van der Waals surface area contributed by atoms with Gasteiger partial charge in [0.2, 0.25) is 5.91 Å². The van der Waals surface area contributed by atoms with Gasteiger partial charge in [0, 0.05) is 19.3 Å². The predicted molar refractivity (Wildman–Crippen MR) is 286 cm³/mol. The first-order valence-electron chi connectivity index (χ1n) is 23.5. The number of hydrogen-bond acceptors (Lipinski definition) is 11. The average Bonchev–Trinajstić information content (AvgIpc) is 4.13. The van der Waals surface area contributed by atoms with E-state index in [0.29, 0.717) is 16.7 Å². The van der Waals surface area contributed by atoms with E-state index in [0.717, 1.165) is 69.4 Å². The van der Waals surface area contributed by atoms with E-state index >= 15 is 0 Å². The minimum absolute atomic E-state index is 0.0197. The SMILES string of the molecule is CC(=O)CN1C(=O)c2ccccc2C1=O.CC(CN1C(=O)c2ccccc2C1=O)(C(=O)Cc1ncc(Cl)cc1F)N(Cc1ccc(C(F)(F)F)cc1)C(=O)CCl.NCc1ccc(C(F)(F)F)cc1.O=C(O)CCl.[C-]#[N+]c1ncc(Cl)cc1F. The molecule has 436 valence electrons. The summed E-state index contributed by atoms with van der Waals surface area (Å²) >= 11 is 21.7. The van der Waals surface area contributed by atoms with E-state index in [2.05, 4.69) is 14.8 Å². The first-order chi connectivity index (χ1) is 38.9. The van der Waals surface area contributed by atoms with Gasteiger partial charge >= 0.3 is 24.1 Å². The number of pyridine rings is 2. The van der Waals surface area contributed by atoms with Gasteiger partial charge in [-0.3, -0.25) is 53.1 Å². The number of halogens is 12. The maximum Gasteiger partial charge on any atom is 0.416 e. The number of ketones is 2. The molecule has 0 bridgehead atoms. The average molecular weight is 1240 g/mol. The fourth-order valence-corrected chi connectivity index (χ4v) is 7.88. The summed E-state index contributed by atoms with van der Waals surface area (Å²) in [5.74, 6) is -7.77. The van der Waals surface area contributed by atoms with Gasteiger partial charge in [0.05, 0.1) is 68.6 Å². The van der Waals surface area contributed by atoms with Gasteiger partial charge in [-0.1, -0.05) is 78.3 Å². The number of carbonyl (C=O) groups excluding carboxylic acids is 7. The second-order valence-electron chi connectivity index (χ2n) is 17.4. The molecule has 4 aromatic carbocycles. The fraction of sp³-hybridized carbons (Fsp3) is 0.218. The first kappa shape index (κ1) is 67.3. The zero-order valence-corrected chi connectivity index (χ0v) is 46.0. The maximum absolute atomic E-state index is 14.6. The second kappa shape index (κ2) is 29.7. The lowest BCUT2D eigenvalue weighted by atomic mass is 9.89. The van der Waals surface area contributed by atoms with Crippen LogP contribution in [0.4, 0.5) is 40.9 Å². The van der Waals surface area contributed by atoms with Gasteiger partial charge in [-0.05, 0) is 85.6 Å². The number of imide groups is 2. The normalized spacial score (nSPS) is 13.0. The number of fused-ring (bicyclic) bond motifs is 2. The quantitative estimate of drug-likeness (QED) is 0.0477. The standard InChI is InChI=1S/C28H21Cl2F4N3O4.C11H9NO3.C8H8F3N.C6H2ClFN2.C2H3ClO2/c1-27(23(38)11-22-21(31)10-18(30)13-35-22,15-36-25(40)19-4-2-3-5-20(19)26(36)41)37(24(39)12-29)14-16-6-8-17(9-7-16)28(32,33)34;1-7(13)6-12-10(14)8-4-2-3-5-9(8)11(12)15;9-8(10,11)7-3-1-6(5-12)2-4-7;1-9-6-5(8)2-4(7)3-10-6;3-1-2(4)5/h2-10,13H,11-12,14-15H2,1H3;2-5H,6H2,1H3;1-4H,5,12H2;2-3H;1H2,(H,4,5). The van der Waals surface area contributed by atoms with Crippen molar-refractivity contribution >= 4 is 99.3 Å². The highest BCUT2D eigenvalue weighted by Gasteiger charge is 2.48. The number of Topliss-reactive ketones (excluding diaryl/α,β-unsaturated/α-hetero) is 2. The number of aliphatic carboxylic acids is 1. The molecule has 0 radical (unpaired) electrons. The summed E-state index contributed by atoms with van der Waals surface area (Å²) in [7, 11) is 0. The van der Waals surface area contributed by atoms with E-state index in [1.807, 2.05) is 0 Å². The molecule has 6 aromatic rings. The van der Waals surface area contributed by atoms with Crippen LogP contribution in [-0.4, -0.2) is 107 Å². The first-order valence-corrected chi connectivity index (χ1v) is 25.3. The van der Waals surface area contributed by atoms with E-state index in [-0.39, 0.29) is 74.8 Å². The number of carbonyl (C=O) groups is 8. The molecular formula is C55H43Cl4F8N7O9. The minimum Gasteiger partial charge on any atom is -0.480 e. The fourth-order valence-electron chi connectivity index (χ4n) is 7.45. The largest absolute Gasteiger partial charge is 0.480 e. The number of amides is 5. The second-order valence-corrected chi connectivity index (χ2v) is 18.9. The van der Waals surface area contributed by atoms with Gasteiger partial charge in [-0.15, -0.1) is 28.2 Å². The number of aromatic nitrogens is 2. The lowest BCUT2D eigenvalue weighted by molar-refractivity contribution is -0.145. The van der Waals surface area contributed by atoms with Crippen molar-refractivity contribution in [2.75, 3.05) is 24.8 Å². The maximum atomic E-state index is 14.6. The van der Waals surface area contributed by atoms with Crippen molar-refractivity contribution in [1.82, 2.24) is 24.7 Å². The number of carboxylic acid groups (broad SMARTS) is 1. The number of hydrogen-bond donors (Lipinski definition) is 2. The van der Waals surface area contributed by atoms with E-state index < -0.39 is 95.5 Å². The molecule has 8 rings (SSSR count). The number of nitrogens with zero attached hydrogens (tertiary/aromatic N) is 6. The summed E-state index contributed by atoms with van der Waals surface area (Å²) in [5.41, 5.74) is 3.20. The van der Waals surface area contributed by atoms with Crippen molar-refractivity contribution in [2.45, 2.75) is 51.2 Å². The summed E-state index contributed by atoms with van der Waals surface area (Å²) in [6.45, 7) is 8.13. The molecular weight excluding hydrogens is 1200 g/mol. The highest BCUT2D eigenvalue weighted by atomic mass is 35.5. The molecule has 2 aliphatic rings. The van der Waals surface area contributed by atoms with E-state index in [1.165, 1.54) is 44.3 Å². The third kappa shape index (κ3) is 18.1. The molecule has 5 amide bonds. The molecule has 28 heteroatoms. The third-order valence-corrected chi connectivity index (χ3v) is 12.4. The summed E-state index contributed by atoms with van der Waals surface area (Å²) < 4.78 is 102. The Morgan fingerprint density at radius 1 is 0.663 bits per heavy atom. The Bertz CT molecular complexity index is 3370. The van der Waals surface area contributed by atoms with Crippen LogP contribution in [-0.2, 0) is 51.0 Å². The summed E-state index contributed by atoms with van der Waals surface area (Å²) in [5, 5.41) is 7.77. The van der Waals surface area contributed by atoms with Crippen molar-refractivity contribution in [1.29, 1.82) is 0 Å². The van der Waals surface area contributed by atoms with Crippen molar-refractivity contribution in [2.24, 2.45) is 5.73 Å². The Balaban J connectivity index is 0.000000282. The van der Waals surface area contributed by atoms with Gasteiger partial charge in [0.1, 0.15) is 35.1 Å². The summed E-state index contributed by atoms with van der Waals surface area (Å²) in [6, 6.07) is 23.3. The number of benzene rings is 4. The smallest absolute Gasteiger partial charge is 0.416 e. The highest BCUT2D eigenvalue weighted by Crippen LogP contribution is 2.33. The van der Waals surface area contributed by atoms with Crippen LogP contribution in [0.5, 0.6) is 0 Å². The molecule has 0 fully saturated rings. The van der Waals surface area contributed by atoms with Crippen molar-refractivity contribution in [3.05, 3.63) is 205 Å². The lowest BCUT2D eigenvalue weighted by Gasteiger charge is -2.42. The zero-order valence-electron chi connectivity index (χ0n) is 43.0. The van der Waals surface area contributed by atoms with Gasteiger partial charge in [0.25, 0.3) is 23.6 Å². The molecule has 2 aromatic heterocycles. The molecule has 4 heterocycles. The van der Waals surface area contributed by atoms with Crippen LogP contribution in [0.2, 0.25) is 10.0 Å². The molecule has 1 unspecified atom stereocenters. The summed E-state index contributed by atoms with van der Waals surface area (Å²) in [6.07, 6.45) is -7.17. The van der Waals surface area contributed by atoms with Crippen LogP contribution >= 0.6 is 46.4 Å². The van der Waals surface area contributed by atoms with Crippen molar-refractivity contribution in [3.8, 4) is 0 Å². The Kier molecular flexibility index (Phi) is 24.1. The molecule has 3 N–H and O–H groups in total. The van der Waals surface area contributed by atoms with Gasteiger partial charge in [-0.25, -0.2) is 8.78 Å². The molecule has 2 aliphatic heterocycles. The monoisotopic (exact) mass is 1240 g/mol. The molecule has 83 heavy (non-hydrogen) atoms. The van der Waals surface area contributed by atoms with E-state index in [9.17, 15) is 73.5 Å². The van der Waals surface area contributed by atoms with Gasteiger partial charge in [0.15, 0.2) is 11.6 Å². The highest BCUT2D eigenvalue weighted by molar-refractivity contribution is 6.31. The molecule has 16 nitrogen and oxygen atoms in total. The van der Waals surface area contributed by atoms with Crippen LogP contribution in [0.15, 0.2) is 122 Å². The summed E-state index contributed by atoms with van der Waals surface area (Å²) in [4.78, 5) is 110. The number of rotatable bonds is 13. The molecule has 0 saturated carbocycles. The van der Waals surface area contributed by atoms with E-state index in [4.69, 9.17) is 63.8 Å². The van der Waals surface area contributed by atoms with Crippen LogP contribution in [0.1, 0.15) is 83.2 Å². The molecule has 0 saturated heterocycles. The zero-order chi connectivity index (χ0) is 62.1. The lowest BCUT2D eigenvalue weighted by Crippen LogP contribution is -2.62. The molecule has 0 spiro atoms. The van der Waals surface area contributed by atoms with Gasteiger partial charge < -0.3 is 20.6 Å². The van der Waals surface area contributed by atoms with Crippen LogP contribution in [0, 0.1) is 18.2 Å². The number of carboxylic acids is 1. The Morgan fingerprint density at radius 3 is 1.43 bits per heavy atom. The van der Waals surface area contributed by atoms with Crippen molar-refractivity contribution in [3.63, 3.8) is 0 Å². The van der Waals surface area contributed by atoms with Gasteiger partial charge in [-0.2, -0.15) is 26.3 Å². The van der Waals surface area contributed by atoms with Crippen molar-refractivity contribution < 1.29 is 78.6 Å². The third-order valence-electron chi connectivity index (χ3n) is 11.6. The van der Waals surface area contributed by atoms with Crippen LogP contribution in [0.3, 0.4) is 0 Å². The van der Waals surface area contributed by atoms with E-state index in [1.54, 1.807) is 36.4 Å². The Hall–Kier alpha value is -8.21. The Labute approximate surface area is 487 Å². The Morgan fingerprint density at radius 2 is 1.07 bits per heavy atom. The molecule has 1 atom stereocenters. The van der Waals surface area contributed by atoms with Crippen LogP contribution < -0.4 is 5.73 Å².